The van der Waals surface area contributed by atoms with Gasteiger partial charge < -0.3 is 23.9 Å². The van der Waals surface area contributed by atoms with Gasteiger partial charge in [-0.25, -0.2) is 0 Å². The van der Waals surface area contributed by atoms with Crippen molar-refractivity contribution < 1.29 is 23.4 Å². The van der Waals surface area contributed by atoms with E-state index in [0.717, 1.165) is 11.1 Å². The van der Waals surface area contributed by atoms with Gasteiger partial charge in [-0.15, -0.1) is 0 Å². The summed E-state index contributed by atoms with van der Waals surface area (Å²) in [6.45, 7) is 3.77. The van der Waals surface area contributed by atoms with E-state index in [1.807, 2.05) is 19.9 Å². The molecule has 1 atom stereocenters. The average molecular weight is 395 g/mol. The van der Waals surface area contributed by atoms with Crippen LogP contribution in [0.3, 0.4) is 0 Å². The molecule has 7 heteroatoms. The Morgan fingerprint density at radius 1 is 0.931 bits per heavy atom. The average Bonchev–Trinajstić information content (AvgIpc) is 3.04. The van der Waals surface area contributed by atoms with Gasteiger partial charge in [0.2, 0.25) is 11.5 Å². The van der Waals surface area contributed by atoms with Gasteiger partial charge in [0, 0.05) is 0 Å². The van der Waals surface area contributed by atoms with Gasteiger partial charge in [-0.2, -0.15) is 0 Å². The Hall–Kier alpha value is -3.48. The summed E-state index contributed by atoms with van der Waals surface area (Å²) in [5.41, 5.74) is 2.86. The van der Waals surface area contributed by atoms with Gasteiger partial charge in [-0.3, -0.25) is 9.59 Å². The number of rotatable bonds is 4. The molecule has 4 rings (SSSR count). The molecule has 3 aromatic rings. The summed E-state index contributed by atoms with van der Waals surface area (Å²) in [7, 11) is 4.53. The van der Waals surface area contributed by atoms with Crippen molar-refractivity contribution in [3.05, 3.63) is 62.5 Å². The Morgan fingerprint density at radius 3 is 2.17 bits per heavy atom. The van der Waals surface area contributed by atoms with Crippen LogP contribution in [0.15, 0.2) is 33.5 Å². The number of amides is 1. The quantitative estimate of drug-likeness (QED) is 0.730. The molecule has 0 fully saturated rings. The van der Waals surface area contributed by atoms with Crippen LogP contribution >= 0.6 is 0 Å². The maximum atomic E-state index is 13.3. The van der Waals surface area contributed by atoms with Crippen LogP contribution in [0.25, 0.3) is 11.0 Å². The number of methoxy groups -OCH3 is 3. The van der Waals surface area contributed by atoms with E-state index in [4.69, 9.17) is 18.6 Å². The zero-order chi connectivity index (χ0) is 20.9. The van der Waals surface area contributed by atoms with Crippen LogP contribution in [-0.2, 0) is 0 Å². The molecular weight excluding hydrogens is 374 g/mol. The Bertz CT molecular complexity index is 1190. The van der Waals surface area contributed by atoms with Crippen molar-refractivity contribution in [1.29, 1.82) is 0 Å². The third-order valence-electron chi connectivity index (χ3n) is 5.15. The molecule has 2 aromatic carbocycles. The first-order chi connectivity index (χ1) is 13.9. The number of carbonyl (C=O) groups is 1. The van der Waals surface area contributed by atoms with Crippen molar-refractivity contribution in [2.24, 2.45) is 0 Å². The van der Waals surface area contributed by atoms with E-state index in [2.05, 4.69) is 5.32 Å². The van der Waals surface area contributed by atoms with Crippen molar-refractivity contribution >= 4 is 16.9 Å². The molecule has 0 saturated carbocycles. The van der Waals surface area contributed by atoms with Crippen LogP contribution in [-0.4, -0.2) is 27.2 Å². The molecule has 1 aliphatic rings. The summed E-state index contributed by atoms with van der Waals surface area (Å²) in [4.78, 5) is 26.0. The fourth-order valence-electron chi connectivity index (χ4n) is 3.88. The van der Waals surface area contributed by atoms with Crippen molar-refractivity contribution in [2.45, 2.75) is 19.9 Å². The second kappa shape index (κ2) is 6.84. The van der Waals surface area contributed by atoms with Crippen molar-refractivity contribution in [3.63, 3.8) is 0 Å². The lowest BCUT2D eigenvalue weighted by Gasteiger charge is -2.17. The number of aryl methyl sites for hydroxylation is 2. The van der Waals surface area contributed by atoms with Crippen LogP contribution in [0.5, 0.6) is 17.2 Å². The summed E-state index contributed by atoms with van der Waals surface area (Å²) < 4.78 is 22.1. The maximum absolute atomic E-state index is 13.3. The lowest BCUT2D eigenvalue weighted by molar-refractivity contribution is 0.0937. The van der Waals surface area contributed by atoms with Gasteiger partial charge in [-0.05, 0) is 48.7 Å². The Kier molecular flexibility index (Phi) is 4.45. The van der Waals surface area contributed by atoms with Gasteiger partial charge in [0.25, 0.3) is 5.91 Å². The molecule has 1 aliphatic heterocycles. The lowest BCUT2D eigenvalue weighted by Crippen LogP contribution is -2.22. The van der Waals surface area contributed by atoms with Crippen LogP contribution < -0.4 is 25.0 Å². The normalized spacial score (nSPS) is 15.2. The molecule has 0 saturated heterocycles. The topological polar surface area (TPSA) is 87.0 Å². The van der Waals surface area contributed by atoms with E-state index in [-0.39, 0.29) is 16.8 Å². The number of carbonyl (C=O) groups excluding carboxylic acids is 1. The fraction of sp³-hybridized carbons (Fsp3) is 0.273. The highest BCUT2D eigenvalue weighted by atomic mass is 16.5. The predicted octanol–water partition coefficient (Wildman–Crippen LogP) is 3.27. The number of hydrogen-bond donors (Lipinski definition) is 1. The van der Waals surface area contributed by atoms with Crippen molar-refractivity contribution in [3.8, 4) is 17.2 Å². The Labute approximate surface area is 167 Å². The lowest BCUT2D eigenvalue weighted by atomic mass is 9.97. The third kappa shape index (κ3) is 2.81. The molecule has 1 aromatic heterocycles. The largest absolute Gasteiger partial charge is 0.493 e. The number of benzene rings is 2. The van der Waals surface area contributed by atoms with Crippen molar-refractivity contribution in [2.75, 3.05) is 21.3 Å². The number of ether oxygens (including phenoxy) is 3. The monoisotopic (exact) mass is 395 g/mol. The molecule has 1 N–H and O–H groups in total. The van der Waals surface area contributed by atoms with Crippen LogP contribution in [0, 0.1) is 13.8 Å². The van der Waals surface area contributed by atoms with E-state index >= 15 is 0 Å². The first-order valence-electron chi connectivity index (χ1n) is 9.08. The molecule has 150 valence electrons. The second-order valence-electron chi connectivity index (χ2n) is 7.00. The standard InChI is InChI=1S/C22H21NO6/c1-10-6-11(2)19-13(7-10)18(24)16-17(23-22(25)21(16)29-19)12-8-14(26-3)20(28-5)15(9-12)27-4/h6-9,17H,1-5H3,(H,23,25)/t17-/m0/s1. The molecule has 2 heterocycles. The van der Waals surface area contributed by atoms with Gasteiger partial charge in [0.15, 0.2) is 16.9 Å². The summed E-state index contributed by atoms with van der Waals surface area (Å²) in [5.74, 6) is 0.897. The number of fused-ring (bicyclic) bond motifs is 2. The molecular formula is C22H21NO6. The molecule has 0 bridgehead atoms. The zero-order valence-electron chi connectivity index (χ0n) is 16.8. The molecule has 0 aliphatic carbocycles. The molecule has 0 unspecified atom stereocenters. The van der Waals surface area contributed by atoms with E-state index in [1.165, 1.54) is 21.3 Å². The van der Waals surface area contributed by atoms with Crippen LogP contribution in [0.4, 0.5) is 0 Å². The zero-order valence-corrected chi connectivity index (χ0v) is 16.8. The minimum absolute atomic E-state index is 0.0354. The minimum atomic E-state index is -0.687. The molecule has 0 radical (unpaired) electrons. The summed E-state index contributed by atoms with van der Waals surface area (Å²) in [6.07, 6.45) is 0. The fourth-order valence-corrected chi connectivity index (χ4v) is 3.88. The van der Waals surface area contributed by atoms with Crippen LogP contribution in [0.1, 0.15) is 38.9 Å². The second-order valence-corrected chi connectivity index (χ2v) is 7.00. The first-order valence-corrected chi connectivity index (χ1v) is 9.08. The third-order valence-corrected chi connectivity index (χ3v) is 5.15. The van der Waals surface area contributed by atoms with Gasteiger partial charge in [-0.1, -0.05) is 6.07 Å². The predicted molar refractivity (Wildman–Crippen MR) is 107 cm³/mol. The summed E-state index contributed by atoms with van der Waals surface area (Å²) in [6, 6.07) is 6.44. The maximum Gasteiger partial charge on any atom is 0.288 e. The van der Waals surface area contributed by atoms with E-state index in [1.54, 1.807) is 18.2 Å². The molecule has 29 heavy (non-hydrogen) atoms. The Balaban J connectivity index is 1.98. The van der Waals surface area contributed by atoms with E-state index in [9.17, 15) is 9.59 Å². The van der Waals surface area contributed by atoms with E-state index in [0.29, 0.717) is 33.8 Å². The van der Waals surface area contributed by atoms with Crippen LogP contribution in [0.2, 0.25) is 0 Å². The number of nitrogens with one attached hydrogen (secondary N) is 1. The smallest absolute Gasteiger partial charge is 0.288 e. The van der Waals surface area contributed by atoms with Gasteiger partial charge in [0.1, 0.15) is 5.58 Å². The highest BCUT2D eigenvalue weighted by molar-refractivity contribution is 5.99. The first kappa shape index (κ1) is 18.9. The van der Waals surface area contributed by atoms with E-state index < -0.39 is 11.9 Å². The Morgan fingerprint density at radius 2 is 1.59 bits per heavy atom. The number of hydrogen-bond acceptors (Lipinski definition) is 6. The summed E-state index contributed by atoms with van der Waals surface area (Å²) >= 11 is 0. The SMILES string of the molecule is COc1cc([C@@H]2NC(=O)c3oc4c(C)cc(C)cc4c(=O)c32)cc(OC)c1OC. The minimum Gasteiger partial charge on any atom is -0.493 e. The molecule has 0 spiro atoms. The van der Waals surface area contributed by atoms with Gasteiger partial charge >= 0.3 is 0 Å². The highest BCUT2D eigenvalue weighted by Gasteiger charge is 2.37. The molecule has 1 amide bonds. The molecule has 7 nitrogen and oxygen atoms in total. The van der Waals surface area contributed by atoms with Crippen molar-refractivity contribution in [1.82, 2.24) is 5.32 Å². The highest BCUT2D eigenvalue weighted by Crippen LogP contribution is 2.42. The van der Waals surface area contributed by atoms with Gasteiger partial charge in [0.05, 0.1) is 38.3 Å². The summed E-state index contributed by atoms with van der Waals surface area (Å²) in [5, 5.41) is 3.29.